The van der Waals surface area contributed by atoms with Gasteiger partial charge in [0, 0.05) is 149 Å². The molecule has 15 nitrogen and oxygen atoms in total. The van der Waals surface area contributed by atoms with Crippen LogP contribution in [-0.4, -0.2) is 43.2 Å². The summed E-state index contributed by atoms with van der Waals surface area (Å²) in [7, 11) is 16.8. The molecule has 0 radical (unpaired) electrons. The van der Waals surface area contributed by atoms with E-state index in [1.807, 2.05) is 49.5 Å². The van der Waals surface area contributed by atoms with Crippen molar-refractivity contribution in [2.75, 3.05) is 0 Å². The average Bonchev–Trinajstić information content (AvgIpc) is 1.55. The van der Waals surface area contributed by atoms with Gasteiger partial charge in [0.2, 0.25) is 22.7 Å². The first-order chi connectivity index (χ1) is 62.4. The molecule has 24 rings (SSSR count). The third-order valence-corrected chi connectivity index (χ3v) is 27.6. The van der Waals surface area contributed by atoms with Gasteiger partial charge in [-0.25, -0.2) is 33.6 Å². The molecule has 0 unspecified atom stereocenters. The van der Waals surface area contributed by atoms with Crippen molar-refractivity contribution in [3.05, 3.63) is 354 Å². The summed E-state index contributed by atoms with van der Waals surface area (Å²) in [5.74, 6) is 3.95. The first-order valence-electron chi connectivity index (χ1n) is 44.3. The van der Waals surface area contributed by atoms with Crippen LogP contribution in [0.2, 0.25) is 0 Å². The Bertz CT molecular complexity index is 8380. The highest BCUT2D eigenvalue weighted by atomic mass is 16.3. The van der Waals surface area contributed by atoms with Crippen LogP contribution < -0.4 is 18.3 Å². The molecule has 0 fully saturated rings. The minimum atomic E-state index is -0.0836. The van der Waals surface area contributed by atoms with Crippen molar-refractivity contribution in [2.24, 2.45) is 56.4 Å². The second-order valence-corrected chi connectivity index (χ2v) is 35.9. The van der Waals surface area contributed by atoms with E-state index in [0.29, 0.717) is 0 Å². The number of furan rings is 2. The minimum absolute atomic E-state index is 0.0823. The largest absolute Gasteiger partial charge is 0.455 e. The molecule has 0 saturated heterocycles. The molecule has 0 bridgehead atoms. The Labute approximate surface area is 750 Å². The van der Waals surface area contributed by atoms with Crippen LogP contribution in [0.5, 0.6) is 0 Å². The SMILES string of the molecule is Cc1c(-c2nc3ccccc3n2C)cc2c(c1-c1cccc[n+]1C)-c1ccccc1C2(C)C.Cc1c(-c2nc3ccccc3n2C)cc2c(c1-c1cccc[n+]1C)C(C)(C)c1ccccc1-2.Cc1c(-c2nc3ccccc3n2C)cccc1-c1c2oc3ccccc3c2cc[n+]1C.Cc1cc2oc3c(-c4cccc[n+]4C)c(C)c(-c4nc5ccccc5n4C)cc3c2cn1. The average molecular weight is 1690 g/mol. The number of aromatic nitrogens is 13. The summed E-state index contributed by atoms with van der Waals surface area (Å²) >= 11 is 0. The Balaban J connectivity index is 0.000000104. The Kier molecular flexibility index (Phi) is 19.4. The van der Waals surface area contributed by atoms with Crippen molar-refractivity contribution in [1.82, 2.24) is 43.2 Å². The van der Waals surface area contributed by atoms with Gasteiger partial charge in [0.25, 0.3) is 5.69 Å². The van der Waals surface area contributed by atoms with Gasteiger partial charge >= 0.3 is 0 Å². The predicted molar refractivity (Wildman–Crippen MR) is 522 cm³/mol. The molecule has 0 amide bonds. The number of hydrogen-bond acceptors (Lipinski definition) is 7. The molecule has 11 heterocycles. The van der Waals surface area contributed by atoms with Gasteiger partial charge in [0.05, 0.1) is 66.4 Å². The first kappa shape index (κ1) is 80.7. The summed E-state index contributed by atoms with van der Waals surface area (Å²) in [6.45, 7) is 20.2. The van der Waals surface area contributed by atoms with Gasteiger partial charge in [-0.3, -0.25) is 4.98 Å². The highest BCUT2D eigenvalue weighted by Gasteiger charge is 2.43. The zero-order valence-electron chi connectivity index (χ0n) is 76.0. The molecule has 2 aliphatic carbocycles. The molecule has 15 heteroatoms. The maximum atomic E-state index is 6.45. The van der Waals surface area contributed by atoms with E-state index in [4.69, 9.17) is 28.8 Å². The fraction of sp³-hybridized carbons (Fsp3) is 0.167. The lowest BCUT2D eigenvalue weighted by molar-refractivity contribution is -0.660. The van der Waals surface area contributed by atoms with Gasteiger partial charge in [-0.05, 0) is 193 Å². The van der Waals surface area contributed by atoms with Gasteiger partial charge in [-0.2, -0.15) is 4.57 Å². The van der Waals surface area contributed by atoms with E-state index in [2.05, 4.69) is 415 Å². The molecular weight excluding hydrogens is 1580 g/mol. The smallest absolute Gasteiger partial charge is 0.256 e. The zero-order valence-corrected chi connectivity index (χ0v) is 76.0. The summed E-state index contributed by atoms with van der Waals surface area (Å²) in [6, 6.07) is 96.0. The standard InChI is InChI=1S/2C30H28N3.C27H23N4O.C27H22N3O/c1-19-21(29-31-24-14-8-9-15-25(24)33(29)5)18-22-20-12-6-7-13-23(20)30(2,3)28(22)27(19)26-16-10-11-17-32(26)4;1-19-21(29-31-24-14-8-9-15-25(24)33(29)5)18-23-28(27(19)26-16-10-11-17-32(26)4)20-12-6-7-13-22(20)30(23,2)3;1-16-13-24-20(15-28-16)19-14-18(27-29-21-9-5-6-10-22(21)31(27)4)17(2)25(26(19)32-24)23-11-7-8-12-30(23)3;1-17-18(10-8-11-19(17)27-28-22-12-5-6-13-23(22)30(27)3)25-26-21(15-16-29(25)2)20-9-4-7-14-24(20)31-26/h2*6-18H,1-5H3;5-15H,1-4H3;4-16H,1-3H3/q4*+1. The molecular formula is C114H101N13O2+4. The molecule has 22 aromatic rings. The third-order valence-electron chi connectivity index (χ3n) is 27.6. The molecule has 0 saturated carbocycles. The van der Waals surface area contributed by atoms with Gasteiger partial charge in [-0.1, -0.05) is 155 Å². The topological polar surface area (TPSA) is 126 Å². The first-order valence-corrected chi connectivity index (χ1v) is 44.3. The fourth-order valence-electron chi connectivity index (χ4n) is 20.8. The quantitative estimate of drug-likeness (QED) is 0.139. The van der Waals surface area contributed by atoms with Crippen LogP contribution in [0.3, 0.4) is 0 Å². The predicted octanol–water partition coefficient (Wildman–Crippen LogP) is 24.3. The van der Waals surface area contributed by atoms with E-state index in [1.54, 1.807) is 0 Å². The van der Waals surface area contributed by atoms with Crippen molar-refractivity contribution in [3.63, 3.8) is 0 Å². The number of pyridine rings is 5. The molecule has 0 aliphatic heterocycles. The molecule has 0 spiro atoms. The van der Waals surface area contributed by atoms with Crippen LogP contribution in [0.4, 0.5) is 0 Å². The van der Waals surface area contributed by atoms with Crippen molar-refractivity contribution in [3.8, 4) is 113 Å². The lowest BCUT2D eigenvalue weighted by atomic mass is 9.77. The summed E-state index contributed by atoms with van der Waals surface area (Å²) in [4.78, 5) is 24.6. The van der Waals surface area contributed by atoms with E-state index in [1.165, 1.54) is 94.8 Å². The maximum Gasteiger partial charge on any atom is 0.256 e. The van der Waals surface area contributed by atoms with Crippen LogP contribution in [0.25, 0.3) is 201 Å². The molecule has 2 aliphatic rings. The van der Waals surface area contributed by atoms with Crippen molar-refractivity contribution < 1.29 is 27.1 Å². The van der Waals surface area contributed by atoms with E-state index in [-0.39, 0.29) is 10.8 Å². The van der Waals surface area contributed by atoms with E-state index in [9.17, 15) is 0 Å². The fourth-order valence-corrected chi connectivity index (χ4v) is 20.8. The highest BCUT2D eigenvalue weighted by Crippen LogP contribution is 2.57. The maximum absolute atomic E-state index is 6.45. The van der Waals surface area contributed by atoms with Crippen LogP contribution in [-0.2, 0) is 67.2 Å². The minimum Gasteiger partial charge on any atom is -0.455 e. The van der Waals surface area contributed by atoms with Crippen LogP contribution in [0.1, 0.15) is 77.9 Å². The second-order valence-electron chi connectivity index (χ2n) is 35.9. The van der Waals surface area contributed by atoms with Crippen molar-refractivity contribution in [2.45, 2.75) is 73.1 Å². The number of imidazole rings is 4. The van der Waals surface area contributed by atoms with E-state index < -0.39 is 0 Å². The second kappa shape index (κ2) is 31.1. The Morgan fingerprint density at radius 2 is 0.713 bits per heavy atom. The van der Waals surface area contributed by atoms with Crippen molar-refractivity contribution >= 4 is 88.0 Å². The van der Waals surface area contributed by atoms with Crippen LogP contribution in [0.15, 0.2) is 313 Å². The number of benzene rings is 11. The Morgan fingerprint density at radius 3 is 1.26 bits per heavy atom. The molecule has 11 aromatic carbocycles. The number of para-hydroxylation sites is 9. The number of fused-ring (bicyclic) bond motifs is 16. The number of nitrogens with zero attached hydrogens (tertiary/aromatic N) is 13. The number of aryl methyl sites for hydroxylation is 9. The summed E-state index contributed by atoms with van der Waals surface area (Å²) in [5.41, 5.74) is 42.8. The van der Waals surface area contributed by atoms with Crippen LogP contribution >= 0.6 is 0 Å². The van der Waals surface area contributed by atoms with E-state index in [0.717, 1.165) is 156 Å². The Hall–Kier alpha value is -15.4. The third kappa shape index (κ3) is 12.9. The number of rotatable bonds is 8. The van der Waals surface area contributed by atoms with E-state index >= 15 is 0 Å². The molecule has 129 heavy (non-hydrogen) atoms. The summed E-state index contributed by atoms with van der Waals surface area (Å²) in [5, 5.41) is 4.35. The summed E-state index contributed by atoms with van der Waals surface area (Å²) in [6.07, 6.45) is 10.4. The van der Waals surface area contributed by atoms with Gasteiger partial charge in [0.1, 0.15) is 68.2 Å². The zero-order chi connectivity index (χ0) is 88.9. The summed E-state index contributed by atoms with van der Waals surface area (Å²) < 4.78 is 30.3. The number of hydrogen-bond donors (Lipinski definition) is 0. The van der Waals surface area contributed by atoms with Gasteiger partial charge in [0.15, 0.2) is 24.8 Å². The highest BCUT2D eigenvalue weighted by molar-refractivity contribution is 6.12. The normalized spacial score (nSPS) is 12.8. The monoisotopic (exact) mass is 1680 g/mol. The Morgan fingerprint density at radius 1 is 0.287 bits per heavy atom. The van der Waals surface area contributed by atoms with Crippen LogP contribution in [0, 0.1) is 34.6 Å². The van der Waals surface area contributed by atoms with Gasteiger partial charge < -0.3 is 27.1 Å². The van der Waals surface area contributed by atoms with Crippen molar-refractivity contribution in [1.29, 1.82) is 0 Å². The molecule has 0 N–H and O–H groups in total. The lowest BCUT2D eigenvalue weighted by Gasteiger charge is -2.25. The lowest BCUT2D eigenvalue weighted by Crippen LogP contribution is -2.31. The van der Waals surface area contributed by atoms with Gasteiger partial charge in [-0.15, -0.1) is 0 Å². The molecule has 11 aromatic heterocycles. The molecule has 630 valence electrons. The molecule has 0 atom stereocenters.